The van der Waals surface area contributed by atoms with E-state index in [1.54, 1.807) is 13.8 Å². The SMILES string of the molecule is CCOP(=O)(OCC)C(F)CI. The van der Waals surface area contributed by atoms with Gasteiger partial charge in [-0.1, -0.05) is 22.6 Å². The summed E-state index contributed by atoms with van der Waals surface area (Å²) in [6, 6.07) is 0. The molecule has 3 nitrogen and oxygen atoms in total. The van der Waals surface area contributed by atoms with Gasteiger partial charge in [-0.05, 0) is 13.8 Å². The molecule has 0 heterocycles. The number of hydrogen-bond acceptors (Lipinski definition) is 3. The quantitative estimate of drug-likeness (QED) is 0.430. The predicted octanol–water partition coefficient (Wildman–Crippen LogP) is 2.98. The molecule has 0 saturated carbocycles. The van der Waals surface area contributed by atoms with Gasteiger partial charge in [0.25, 0.3) is 0 Å². The van der Waals surface area contributed by atoms with Gasteiger partial charge in [0, 0.05) is 4.43 Å². The van der Waals surface area contributed by atoms with Gasteiger partial charge in [0.1, 0.15) is 0 Å². The third-order valence-electron chi connectivity index (χ3n) is 1.09. The molecule has 0 saturated heterocycles. The van der Waals surface area contributed by atoms with Gasteiger partial charge >= 0.3 is 7.60 Å². The molecule has 0 aromatic heterocycles. The molecule has 0 aliphatic heterocycles. The van der Waals surface area contributed by atoms with Crippen LogP contribution in [0.5, 0.6) is 0 Å². The van der Waals surface area contributed by atoms with Gasteiger partial charge in [-0.15, -0.1) is 0 Å². The molecule has 0 aliphatic carbocycles. The van der Waals surface area contributed by atoms with E-state index < -0.39 is 13.5 Å². The third-order valence-corrected chi connectivity index (χ3v) is 4.66. The largest absolute Gasteiger partial charge is 0.365 e. The number of hydrogen-bond donors (Lipinski definition) is 0. The van der Waals surface area contributed by atoms with Crippen molar-refractivity contribution in [1.29, 1.82) is 0 Å². The van der Waals surface area contributed by atoms with Crippen LogP contribution in [0.25, 0.3) is 0 Å². The maximum absolute atomic E-state index is 13.0. The predicted molar refractivity (Wildman–Crippen MR) is 54.6 cm³/mol. The van der Waals surface area contributed by atoms with Crippen molar-refractivity contribution in [3.63, 3.8) is 0 Å². The Morgan fingerprint density at radius 3 is 2.08 bits per heavy atom. The minimum atomic E-state index is -3.48. The van der Waals surface area contributed by atoms with Crippen LogP contribution in [0.3, 0.4) is 0 Å². The Kier molecular flexibility index (Phi) is 6.72. The van der Waals surface area contributed by atoms with Crippen LogP contribution in [-0.4, -0.2) is 23.6 Å². The standard InChI is InChI=1S/C6H13FIO3P/c1-3-10-12(9,11-4-2)6(7)5-8/h6H,3-5H2,1-2H3. The summed E-state index contributed by atoms with van der Waals surface area (Å²) in [5.41, 5.74) is 0. The summed E-state index contributed by atoms with van der Waals surface area (Å²) in [7, 11) is -3.48. The van der Waals surface area contributed by atoms with Crippen LogP contribution in [0.15, 0.2) is 0 Å². The van der Waals surface area contributed by atoms with E-state index in [0.717, 1.165) is 0 Å². The molecule has 12 heavy (non-hydrogen) atoms. The summed E-state index contributed by atoms with van der Waals surface area (Å²) >= 11 is 1.81. The summed E-state index contributed by atoms with van der Waals surface area (Å²) < 4.78 is 34.2. The molecule has 6 heteroatoms. The molecule has 0 amide bonds. The molecular weight excluding hydrogens is 297 g/mol. The highest BCUT2D eigenvalue weighted by atomic mass is 127. The van der Waals surface area contributed by atoms with Crippen LogP contribution in [0, 0.1) is 0 Å². The molecule has 74 valence electrons. The Labute approximate surface area is 85.7 Å². The number of rotatable bonds is 6. The average Bonchev–Trinajstić information content (AvgIpc) is 2.04. The van der Waals surface area contributed by atoms with Gasteiger partial charge in [0.15, 0.2) is 0 Å². The van der Waals surface area contributed by atoms with Crippen molar-refractivity contribution in [2.75, 3.05) is 17.6 Å². The highest BCUT2D eigenvalue weighted by Gasteiger charge is 2.34. The minimum absolute atomic E-state index is 0.120. The van der Waals surface area contributed by atoms with Crippen molar-refractivity contribution in [2.45, 2.75) is 19.8 Å². The molecule has 0 aliphatic rings. The van der Waals surface area contributed by atoms with Crippen LogP contribution >= 0.6 is 30.2 Å². The Morgan fingerprint density at radius 2 is 1.83 bits per heavy atom. The summed E-state index contributed by atoms with van der Waals surface area (Å²) in [5, 5.41) is 0. The first kappa shape index (κ1) is 12.8. The Hall–Kier alpha value is 0.810. The van der Waals surface area contributed by atoms with Crippen LogP contribution in [0.4, 0.5) is 4.39 Å². The van der Waals surface area contributed by atoms with Gasteiger partial charge in [0.05, 0.1) is 13.2 Å². The molecular formula is C6H13FIO3P. The number of halogens is 2. The molecule has 0 bridgehead atoms. The molecule has 1 atom stereocenters. The fourth-order valence-corrected chi connectivity index (χ4v) is 3.38. The molecule has 0 N–H and O–H groups in total. The maximum atomic E-state index is 13.0. The van der Waals surface area contributed by atoms with Crippen molar-refractivity contribution in [1.82, 2.24) is 0 Å². The smallest absolute Gasteiger partial charge is 0.307 e. The lowest BCUT2D eigenvalue weighted by Crippen LogP contribution is -2.09. The molecule has 0 fully saturated rings. The van der Waals surface area contributed by atoms with Crippen molar-refractivity contribution < 1.29 is 18.0 Å². The van der Waals surface area contributed by atoms with E-state index in [2.05, 4.69) is 0 Å². The van der Waals surface area contributed by atoms with E-state index in [1.165, 1.54) is 0 Å². The third kappa shape index (κ3) is 3.68. The van der Waals surface area contributed by atoms with Crippen molar-refractivity contribution in [3.8, 4) is 0 Å². The Bertz CT molecular complexity index is 157. The normalized spacial score (nSPS) is 14.7. The second-order valence-electron chi connectivity index (χ2n) is 1.96. The fraction of sp³-hybridized carbons (Fsp3) is 1.00. The monoisotopic (exact) mass is 310 g/mol. The van der Waals surface area contributed by atoms with Gasteiger partial charge in [-0.25, -0.2) is 4.39 Å². The summed E-state index contributed by atoms with van der Waals surface area (Å²) in [4.78, 5) is 0. The van der Waals surface area contributed by atoms with Gasteiger partial charge in [0.2, 0.25) is 5.91 Å². The molecule has 0 aromatic carbocycles. The second kappa shape index (κ2) is 6.29. The molecule has 0 aromatic rings. The Morgan fingerprint density at radius 1 is 1.42 bits per heavy atom. The topological polar surface area (TPSA) is 35.5 Å². The molecule has 0 spiro atoms. The van der Waals surface area contributed by atoms with E-state index in [9.17, 15) is 8.96 Å². The lowest BCUT2D eigenvalue weighted by Gasteiger charge is -2.18. The summed E-state index contributed by atoms with van der Waals surface area (Å²) in [5.74, 6) is -1.52. The van der Waals surface area contributed by atoms with E-state index in [-0.39, 0.29) is 17.6 Å². The zero-order chi connectivity index (χ0) is 9.61. The Balaban J connectivity index is 4.27. The van der Waals surface area contributed by atoms with Gasteiger partial charge < -0.3 is 9.05 Å². The second-order valence-corrected chi connectivity index (χ2v) is 5.00. The number of alkyl halides is 2. The minimum Gasteiger partial charge on any atom is -0.307 e. The zero-order valence-electron chi connectivity index (χ0n) is 7.13. The van der Waals surface area contributed by atoms with E-state index in [4.69, 9.17) is 9.05 Å². The van der Waals surface area contributed by atoms with Crippen LogP contribution in [-0.2, 0) is 13.6 Å². The van der Waals surface area contributed by atoms with E-state index in [0.29, 0.717) is 0 Å². The molecule has 1 unspecified atom stereocenters. The first-order chi connectivity index (χ1) is 5.60. The first-order valence-corrected chi connectivity index (χ1v) is 6.83. The highest BCUT2D eigenvalue weighted by Crippen LogP contribution is 2.54. The van der Waals surface area contributed by atoms with Crippen LogP contribution in [0.2, 0.25) is 0 Å². The zero-order valence-corrected chi connectivity index (χ0v) is 10.2. The van der Waals surface area contributed by atoms with Gasteiger partial charge in [-0.3, -0.25) is 4.57 Å². The molecule has 0 radical (unpaired) electrons. The van der Waals surface area contributed by atoms with Crippen LogP contribution in [0.1, 0.15) is 13.8 Å². The fourth-order valence-electron chi connectivity index (χ4n) is 0.643. The maximum Gasteiger partial charge on any atom is 0.365 e. The van der Waals surface area contributed by atoms with Crippen molar-refractivity contribution in [3.05, 3.63) is 0 Å². The summed E-state index contributed by atoms with van der Waals surface area (Å²) in [6.45, 7) is 3.72. The first-order valence-electron chi connectivity index (χ1n) is 3.69. The highest BCUT2D eigenvalue weighted by molar-refractivity contribution is 14.1. The van der Waals surface area contributed by atoms with E-state index in [1.807, 2.05) is 22.6 Å². The molecule has 0 rings (SSSR count). The van der Waals surface area contributed by atoms with Gasteiger partial charge in [-0.2, -0.15) is 0 Å². The van der Waals surface area contributed by atoms with E-state index >= 15 is 0 Å². The summed E-state index contributed by atoms with van der Waals surface area (Å²) in [6.07, 6.45) is 0. The lowest BCUT2D eigenvalue weighted by atomic mass is 10.9. The average molecular weight is 310 g/mol. The van der Waals surface area contributed by atoms with Crippen LogP contribution < -0.4 is 0 Å². The van der Waals surface area contributed by atoms with Crippen molar-refractivity contribution in [2.24, 2.45) is 0 Å². The van der Waals surface area contributed by atoms with Crippen molar-refractivity contribution >= 4 is 30.2 Å². The lowest BCUT2D eigenvalue weighted by molar-refractivity contribution is 0.195.